The molecule has 0 aliphatic rings. The van der Waals surface area contributed by atoms with Crippen molar-refractivity contribution in [2.45, 2.75) is 17.9 Å². The molecule has 0 bridgehead atoms. The van der Waals surface area contributed by atoms with Crippen molar-refractivity contribution < 1.29 is 9.18 Å². The molecule has 0 aliphatic heterocycles. The number of aryl methyl sites for hydroxylation is 1. The van der Waals surface area contributed by atoms with Crippen LogP contribution in [0.5, 0.6) is 0 Å². The van der Waals surface area contributed by atoms with Crippen molar-refractivity contribution in [3.8, 4) is 0 Å². The van der Waals surface area contributed by atoms with Gasteiger partial charge in [0.25, 0.3) is 0 Å². The Morgan fingerprint density at radius 3 is 2.54 bits per heavy atom. The summed E-state index contributed by atoms with van der Waals surface area (Å²) in [4.78, 5) is 15.1. The number of halogens is 1. The summed E-state index contributed by atoms with van der Waals surface area (Å²) in [5, 5.41) is 2.94. The first-order chi connectivity index (χ1) is 11.5. The van der Waals surface area contributed by atoms with Gasteiger partial charge in [-0.15, -0.1) is 11.8 Å². The van der Waals surface area contributed by atoms with Crippen molar-refractivity contribution in [2.24, 2.45) is 0 Å². The lowest BCUT2D eigenvalue weighted by molar-refractivity contribution is -0.118. The fourth-order valence-corrected chi connectivity index (χ4v) is 3.09. The molecule has 0 saturated heterocycles. The molecule has 24 heavy (non-hydrogen) atoms. The predicted molar refractivity (Wildman–Crippen MR) is 97.7 cm³/mol. The highest BCUT2D eigenvalue weighted by molar-refractivity contribution is 8.00. The molecule has 128 valence electrons. The van der Waals surface area contributed by atoms with Gasteiger partial charge in [-0.25, -0.2) is 4.39 Å². The van der Waals surface area contributed by atoms with Crippen molar-refractivity contribution in [3.63, 3.8) is 0 Å². The third kappa shape index (κ3) is 5.65. The van der Waals surface area contributed by atoms with Crippen LogP contribution in [-0.2, 0) is 4.79 Å². The Morgan fingerprint density at radius 2 is 1.92 bits per heavy atom. The second kappa shape index (κ2) is 8.85. The maximum absolute atomic E-state index is 13.4. The van der Waals surface area contributed by atoms with Crippen LogP contribution in [0.2, 0.25) is 0 Å². The number of amides is 1. The van der Waals surface area contributed by atoms with Gasteiger partial charge in [-0.1, -0.05) is 29.8 Å². The average molecular weight is 346 g/mol. The average Bonchev–Trinajstić information content (AvgIpc) is 2.54. The number of carbonyl (C=O) groups excluding carboxylic acids is 1. The highest BCUT2D eigenvalue weighted by Crippen LogP contribution is 2.20. The molecular weight excluding hydrogens is 323 g/mol. The van der Waals surface area contributed by atoms with Gasteiger partial charge in [-0.3, -0.25) is 4.79 Å². The molecule has 0 heterocycles. The summed E-state index contributed by atoms with van der Waals surface area (Å²) in [6.07, 6.45) is 0. The third-order valence-corrected chi connectivity index (χ3v) is 4.75. The number of rotatable bonds is 7. The minimum atomic E-state index is -0.263. The molecule has 0 aromatic heterocycles. The van der Waals surface area contributed by atoms with Gasteiger partial charge in [-0.05, 0) is 50.8 Å². The summed E-state index contributed by atoms with van der Waals surface area (Å²) in [6.45, 7) is 2.48. The number of carbonyl (C=O) groups is 1. The molecule has 0 fully saturated rings. The highest BCUT2D eigenvalue weighted by Gasteiger charge is 2.16. The minimum Gasteiger partial charge on any atom is -0.353 e. The Morgan fingerprint density at radius 1 is 1.21 bits per heavy atom. The van der Waals surface area contributed by atoms with E-state index in [1.807, 2.05) is 56.3 Å². The third-order valence-electron chi connectivity index (χ3n) is 3.74. The lowest BCUT2D eigenvalue weighted by Crippen LogP contribution is -2.35. The maximum atomic E-state index is 13.4. The monoisotopic (exact) mass is 346 g/mol. The molecule has 1 atom stereocenters. The van der Waals surface area contributed by atoms with E-state index in [4.69, 9.17) is 0 Å². The van der Waals surface area contributed by atoms with Gasteiger partial charge in [0.05, 0.1) is 11.8 Å². The molecule has 1 N–H and O–H groups in total. The van der Waals surface area contributed by atoms with Crippen LogP contribution in [-0.4, -0.2) is 37.2 Å². The van der Waals surface area contributed by atoms with Crippen LogP contribution in [0.4, 0.5) is 4.39 Å². The van der Waals surface area contributed by atoms with E-state index in [1.54, 1.807) is 6.07 Å². The van der Waals surface area contributed by atoms with Crippen molar-refractivity contribution in [1.82, 2.24) is 10.2 Å². The van der Waals surface area contributed by atoms with Gasteiger partial charge in [0, 0.05) is 11.4 Å². The first-order valence-electron chi connectivity index (χ1n) is 7.84. The Kier molecular flexibility index (Phi) is 6.82. The van der Waals surface area contributed by atoms with Crippen LogP contribution in [0.1, 0.15) is 17.2 Å². The molecule has 1 amide bonds. The van der Waals surface area contributed by atoms with Gasteiger partial charge >= 0.3 is 0 Å². The summed E-state index contributed by atoms with van der Waals surface area (Å²) < 4.78 is 13.4. The van der Waals surface area contributed by atoms with E-state index in [2.05, 4.69) is 5.32 Å². The maximum Gasteiger partial charge on any atom is 0.230 e. The van der Waals surface area contributed by atoms with Gasteiger partial charge in [0.15, 0.2) is 0 Å². The van der Waals surface area contributed by atoms with Crippen molar-refractivity contribution in [2.75, 3.05) is 26.4 Å². The predicted octanol–water partition coefficient (Wildman–Crippen LogP) is 3.65. The smallest absolute Gasteiger partial charge is 0.230 e. The van der Waals surface area contributed by atoms with Crippen molar-refractivity contribution in [1.29, 1.82) is 0 Å². The van der Waals surface area contributed by atoms with Crippen LogP contribution in [0.3, 0.4) is 0 Å². The zero-order valence-corrected chi connectivity index (χ0v) is 15.1. The lowest BCUT2D eigenvalue weighted by atomic mass is 10.1. The van der Waals surface area contributed by atoms with Crippen molar-refractivity contribution >= 4 is 17.7 Å². The quantitative estimate of drug-likeness (QED) is 0.777. The van der Waals surface area contributed by atoms with Gasteiger partial charge in [0.1, 0.15) is 5.82 Å². The number of nitrogens with one attached hydrogen (secondary N) is 1. The molecule has 2 rings (SSSR count). The summed E-state index contributed by atoms with van der Waals surface area (Å²) in [5.74, 6) is 0.0799. The number of thioether (sulfide) groups is 1. The second-order valence-corrected chi connectivity index (χ2v) is 6.99. The van der Waals surface area contributed by atoms with E-state index in [1.165, 1.54) is 29.5 Å². The van der Waals surface area contributed by atoms with E-state index in [0.29, 0.717) is 12.3 Å². The molecule has 2 aromatic carbocycles. The number of hydrogen-bond donors (Lipinski definition) is 1. The fraction of sp³-hybridized carbons (Fsp3) is 0.316. The van der Waals surface area contributed by atoms with Gasteiger partial charge in [-0.2, -0.15) is 0 Å². The second-order valence-electron chi connectivity index (χ2n) is 5.94. The standard InChI is InChI=1S/C19H23FN2OS/c1-14-7-9-17(10-8-14)24-13-19(23)21-12-18(22(2)3)15-5-4-6-16(20)11-15/h4-11,18H,12-13H2,1-3H3,(H,21,23)/t18-/m1/s1. The summed E-state index contributed by atoms with van der Waals surface area (Å²) in [7, 11) is 3.84. The largest absolute Gasteiger partial charge is 0.353 e. The van der Waals surface area contributed by atoms with E-state index in [-0.39, 0.29) is 17.8 Å². The first kappa shape index (κ1) is 18.5. The SMILES string of the molecule is Cc1ccc(SCC(=O)NC[C@H](c2cccc(F)c2)N(C)C)cc1. The molecule has 0 unspecified atom stereocenters. The van der Waals surface area contributed by atoms with Crippen LogP contribution in [0, 0.1) is 12.7 Å². The van der Waals surface area contributed by atoms with Crippen LogP contribution in [0.25, 0.3) is 0 Å². The summed E-state index contributed by atoms with van der Waals surface area (Å²) in [6, 6.07) is 14.5. The van der Waals surface area contributed by atoms with E-state index < -0.39 is 0 Å². The molecule has 0 radical (unpaired) electrons. The first-order valence-corrected chi connectivity index (χ1v) is 8.82. The molecule has 0 spiro atoms. The van der Waals surface area contributed by atoms with Gasteiger partial charge in [0.2, 0.25) is 5.91 Å². The van der Waals surface area contributed by atoms with E-state index >= 15 is 0 Å². The molecule has 0 saturated carbocycles. The van der Waals surface area contributed by atoms with E-state index in [0.717, 1.165) is 10.5 Å². The van der Waals surface area contributed by atoms with E-state index in [9.17, 15) is 9.18 Å². The zero-order chi connectivity index (χ0) is 17.5. The molecule has 0 aliphatic carbocycles. The zero-order valence-electron chi connectivity index (χ0n) is 14.3. The Hall–Kier alpha value is -1.85. The Labute approximate surface area is 147 Å². The normalized spacial score (nSPS) is 12.2. The van der Waals surface area contributed by atoms with Crippen molar-refractivity contribution in [3.05, 3.63) is 65.5 Å². The number of benzene rings is 2. The molecule has 5 heteroatoms. The molecular formula is C19H23FN2OS. The van der Waals surface area contributed by atoms with Gasteiger partial charge < -0.3 is 10.2 Å². The summed E-state index contributed by atoms with van der Waals surface area (Å²) in [5.41, 5.74) is 2.05. The molecule has 3 nitrogen and oxygen atoms in total. The Balaban J connectivity index is 1.87. The molecule has 2 aromatic rings. The Bertz CT molecular complexity index is 673. The topological polar surface area (TPSA) is 32.3 Å². The van der Waals surface area contributed by atoms with Crippen LogP contribution < -0.4 is 5.32 Å². The highest BCUT2D eigenvalue weighted by atomic mass is 32.2. The fourth-order valence-electron chi connectivity index (χ4n) is 2.36. The van der Waals surface area contributed by atoms with Crippen LogP contribution in [0.15, 0.2) is 53.4 Å². The van der Waals surface area contributed by atoms with Crippen LogP contribution >= 0.6 is 11.8 Å². The summed E-state index contributed by atoms with van der Waals surface area (Å²) >= 11 is 1.51. The number of likely N-dealkylation sites (N-methyl/N-ethyl adjacent to an activating group) is 1. The number of nitrogens with zero attached hydrogens (tertiary/aromatic N) is 1. The lowest BCUT2D eigenvalue weighted by Gasteiger charge is -2.25. The minimum absolute atomic E-state index is 0.0242. The number of hydrogen-bond acceptors (Lipinski definition) is 3.